The number of aromatic amines is 1. The zero-order valence-electron chi connectivity index (χ0n) is 17.3. The quantitative estimate of drug-likeness (QED) is 0.337. The minimum atomic E-state index is -0.200. The van der Waals surface area contributed by atoms with E-state index >= 15 is 0 Å². The van der Waals surface area contributed by atoms with Crippen LogP contribution >= 0.6 is 0 Å². The SMILES string of the molecule is O=C1NC(C2c3ccccc3NC2CNCc2ccc3nc[nH]c3c2)c2cc(O)ccc21. The van der Waals surface area contributed by atoms with Gasteiger partial charge in [-0.25, -0.2) is 4.98 Å². The summed E-state index contributed by atoms with van der Waals surface area (Å²) < 4.78 is 0. The predicted octanol–water partition coefficient (Wildman–Crippen LogP) is 3.42. The third-order valence-electron chi connectivity index (χ3n) is 6.53. The summed E-state index contributed by atoms with van der Waals surface area (Å²) in [5.74, 6) is 0.128. The lowest BCUT2D eigenvalue weighted by Crippen LogP contribution is -2.38. The first kappa shape index (κ1) is 18.9. The summed E-state index contributed by atoms with van der Waals surface area (Å²) in [6, 6.07) is 19.3. The highest BCUT2D eigenvalue weighted by Crippen LogP contribution is 2.46. The molecule has 3 unspecified atom stereocenters. The molecule has 0 fully saturated rings. The van der Waals surface area contributed by atoms with E-state index in [-0.39, 0.29) is 29.7 Å². The Morgan fingerprint density at radius 1 is 1.00 bits per heavy atom. The number of hydrogen-bond acceptors (Lipinski definition) is 5. The number of nitrogens with one attached hydrogen (secondary N) is 4. The molecule has 6 rings (SSSR count). The molecule has 0 spiro atoms. The molecule has 0 saturated carbocycles. The first-order valence-electron chi connectivity index (χ1n) is 10.8. The van der Waals surface area contributed by atoms with Crippen LogP contribution in [0.2, 0.25) is 0 Å². The Balaban J connectivity index is 1.26. The number of H-pyrrole nitrogens is 1. The second-order valence-corrected chi connectivity index (χ2v) is 8.47. The van der Waals surface area contributed by atoms with Crippen molar-refractivity contribution in [3.05, 3.63) is 89.2 Å². The smallest absolute Gasteiger partial charge is 0.252 e. The first-order chi connectivity index (χ1) is 15.7. The maximum absolute atomic E-state index is 12.6. The van der Waals surface area contributed by atoms with Crippen molar-refractivity contribution < 1.29 is 9.90 Å². The number of hydrogen-bond donors (Lipinski definition) is 5. The van der Waals surface area contributed by atoms with Gasteiger partial charge in [-0.1, -0.05) is 24.3 Å². The molecule has 32 heavy (non-hydrogen) atoms. The van der Waals surface area contributed by atoms with E-state index < -0.39 is 0 Å². The summed E-state index contributed by atoms with van der Waals surface area (Å²) in [7, 11) is 0. The van der Waals surface area contributed by atoms with Crippen molar-refractivity contribution in [2.75, 3.05) is 11.9 Å². The average Bonchev–Trinajstić information content (AvgIpc) is 3.48. The fourth-order valence-corrected chi connectivity index (χ4v) is 5.07. The van der Waals surface area contributed by atoms with Gasteiger partial charge in [0, 0.05) is 36.3 Å². The molecule has 0 saturated heterocycles. The van der Waals surface area contributed by atoms with Crippen LogP contribution in [0.3, 0.4) is 0 Å². The Morgan fingerprint density at radius 2 is 1.91 bits per heavy atom. The summed E-state index contributed by atoms with van der Waals surface area (Å²) in [6.07, 6.45) is 1.71. The standard InChI is InChI=1S/C25H23N5O2/c31-15-6-7-16-18(10-15)24(30-25(16)32)23-17-3-1-2-4-19(17)29-22(23)12-26-11-14-5-8-20-21(9-14)28-13-27-20/h1-10,13,22-24,26,29,31H,11-12H2,(H,27,28)(H,30,32). The van der Waals surface area contributed by atoms with Crippen LogP contribution < -0.4 is 16.0 Å². The number of imidazole rings is 1. The highest BCUT2D eigenvalue weighted by atomic mass is 16.3. The van der Waals surface area contributed by atoms with Gasteiger partial charge in [0.25, 0.3) is 5.91 Å². The van der Waals surface area contributed by atoms with Crippen LogP contribution in [0, 0.1) is 0 Å². The van der Waals surface area contributed by atoms with Gasteiger partial charge >= 0.3 is 0 Å². The largest absolute Gasteiger partial charge is 0.508 e. The van der Waals surface area contributed by atoms with Crippen LogP contribution in [0.4, 0.5) is 5.69 Å². The molecule has 4 aromatic rings. The van der Waals surface area contributed by atoms with Crippen LogP contribution in [0.15, 0.2) is 67.0 Å². The van der Waals surface area contributed by atoms with E-state index in [9.17, 15) is 9.90 Å². The lowest BCUT2D eigenvalue weighted by atomic mass is 9.84. The Kier molecular flexibility index (Phi) is 4.36. The van der Waals surface area contributed by atoms with Crippen LogP contribution in [0.5, 0.6) is 5.75 Å². The number of anilines is 1. The normalized spacial score (nSPS) is 21.2. The maximum atomic E-state index is 12.6. The summed E-state index contributed by atoms with van der Waals surface area (Å²) in [5.41, 5.74) is 6.92. The number of benzene rings is 3. The maximum Gasteiger partial charge on any atom is 0.252 e. The van der Waals surface area contributed by atoms with Gasteiger partial charge in [0.1, 0.15) is 5.75 Å². The van der Waals surface area contributed by atoms with Gasteiger partial charge in [0.15, 0.2) is 0 Å². The van der Waals surface area contributed by atoms with Crippen LogP contribution in [0.25, 0.3) is 11.0 Å². The minimum Gasteiger partial charge on any atom is -0.508 e. The van der Waals surface area contributed by atoms with Crippen molar-refractivity contribution >= 4 is 22.6 Å². The van der Waals surface area contributed by atoms with Crippen LogP contribution in [0.1, 0.15) is 39.0 Å². The third kappa shape index (κ3) is 3.09. The molecule has 2 aliphatic heterocycles. The van der Waals surface area contributed by atoms with Gasteiger partial charge in [-0.3, -0.25) is 4.79 Å². The van der Waals surface area contributed by atoms with Crippen molar-refractivity contribution in [1.82, 2.24) is 20.6 Å². The number of carbonyl (C=O) groups is 1. The molecule has 7 nitrogen and oxygen atoms in total. The number of nitrogens with zero attached hydrogens (tertiary/aromatic N) is 1. The van der Waals surface area contributed by atoms with Crippen molar-refractivity contribution in [2.45, 2.75) is 24.5 Å². The molecule has 0 radical (unpaired) electrons. The number of amides is 1. The van der Waals surface area contributed by atoms with Crippen molar-refractivity contribution in [3.63, 3.8) is 0 Å². The number of aromatic nitrogens is 2. The first-order valence-corrected chi connectivity index (χ1v) is 10.8. The van der Waals surface area contributed by atoms with E-state index in [2.05, 4.69) is 50.2 Å². The molecule has 2 aliphatic rings. The van der Waals surface area contributed by atoms with Crippen LogP contribution in [-0.4, -0.2) is 33.6 Å². The highest BCUT2D eigenvalue weighted by molar-refractivity contribution is 5.99. The van der Waals surface area contributed by atoms with Gasteiger partial charge in [-0.15, -0.1) is 0 Å². The molecule has 160 valence electrons. The molecule has 1 aromatic heterocycles. The van der Waals surface area contributed by atoms with E-state index in [0.717, 1.165) is 35.4 Å². The van der Waals surface area contributed by atoms with E-state index in [1.165, 1.54) is 11.1 Å². The monoisotopic (exact) mass is 425 g/mol. The van der Waals surface area contributed by atoms with Crippen molar-refractivity contribution in [1.29, 1.82) is 0 Å². The number of aromatic hydroxyl groups is 1. The third-order valence-corrected chi connectivity index (χ3v) is 6.53. The molecular formula is C25H23N5O2. The molecule has 1 amide bonds. The molecule has 3 atom stereocenters. The Labute approximate surface area is 184 Å². The van der Waals surface area contributed by atoms with E-state index in [1.807, 2.05) is 18.2 Å². The van der Waals surface area contributed by atoms with Crippen LogP contribution in [-0.2, 0) is 6.54 Å². The fraction of sp³-hybridized carbons (Fsp3) is 0.200. The molecule has 0 bridgehead atoms. The summed E-state index contributed by atoms with van der Waals surface area (Å²) in [5, 5.41) is 20.4. The Bertz CT molecular complexity index is 1330. The predicted molar refractivity (Wildman–Crippen MR) is 123 cm³/mol. The molecule has 7 heteroatoms. The van der Waals surface area contributed by atoms with Gasteiger partial charge in [0.05, 0.1) is 23.4 Å². The molecule has 3 aromatic carbocycles. The second-order valence-electron chi connectivity index (χ2n) is 8.47. The Morgan fingerprint density at radius 3 is 2.84 bits per heavy atom. The molecule has 3 heterocycles. The topological polar surface area (TPSA) is 102 Å². The van der Waals surface area contributed by atoms with E-state index in [0.29, 0.717) is 5.56 Å². The zero-order chi connectivity index (χ0) is 21.7. The average molecular weight is 425 g/mol. The summed E-state index contributed by atoms with van der Waals surface area (Å²) >= 11 is 0. The Hall–Kier alpha value is -3.84. The fourth-order valence-electron chi connectivity index (χ4n) is 5.07. The number of fused-ring (bicyclic) bond motifs is 3. The number of rotatable bonds is 5. The second kappa shape index (κ2) is 7.39. The number of phenolic OH excluding ortho intramolecular Hbond substituents is 1. The summed E-state index contributed by atoms with van der Waals surface area (Å²) in [4.78, 5) is 20.0. The lowest BCUT2D eigenvalue weighted by Gasteiger charge is -2.27. The van der Waals surface area contributed by atoms with E-state index in [1.54, 1.807) is 24.5 Å². The zero-order valence-corrected chi connectivity index (χ0v) is 17.3. The molecular weight excluding hydrogens is 402 g/mol. The number of para-hydroxylation sites is 1. The number of carbonyl (C=O) groups excluding carboxylic acids is 1. The van der Waals surface area contributed by atoms with Gasteiger partial charge in [-0.05, 0) is 53.1 Å². The molecule has 0 aliphatic carbocycles. The van der Waals surface area contributed by atoms with Crippen molar-refractivity contribution in [2.24, 2.45) is 0 Å². The van der Waals surface area contributed by atoms with E-state index in [4.69, 9.17) is 0 Å². The highest BCUT2D eigenvalue weighted by Gasteiger charge is 2.43. The van der Waals surface area contributed by atoms with Gasteiger partial charge in [0.2, 0.25) is 0 Å². The van der Waals surface area contributed by atoms with Crippen molar-refractivity contribution in [3.8, 4) is 5.75 Å². The van der Waals surface area contributed by atoms with Gasteiger partial charge < -0.3 is 26.0 Å². The van der Waals surface area contributed by atoms with Gasteiger partial charge in [-0.2, -0.15) is 0 Å². The number of phenols is 1. The molecule has 5 N–H and O–H groups in total. The summed E-state index contributed by atoms with van der Waals surface area (Å²) in [6.45, 7) is 1.45. The lowest BCUT2D eigenvalue weighted by molar-refractivity contribution is 0.0951. The minimum absolute atomic E-state index is 0.0424.